The van der Waals surface area contributed by atoms with Gasteiger partial charge in [0, 0.05) is 24.7 Å². The fraction of sp³-hybridized carbons (Fsp3) is 0.319. The zero-order valence-electron chi connectivity index (χ0n) is 34.5. The highest BCUT2D eigenvalue weighted by Crippen LogP contribution is 2.66. The molecular formula is C47H44N2O14. The lowest BCUT2D eigenvalue weighted by atomic mass is 9.65. The number of carbonyl (C=O) groups is 6. The van der Waals surface area contributed by atoms with Crippen LogP contribution in [0.5, 0.6) is 5.75 Å². The SMILES string of the molecule is COCCOC(=O)N1C(=O)C2(c3cc(C#CCC(C(=O)OC)C(=O)OC)ccc31)C(C(=O)O)C1C(=O)OC(c3ccccc3)C(c3ccccc3)N1C2c1ccccc1OCCO. The van der Waals surface area contributed by atoms with Crippen LogP contribution in [0.15, 0.2) is 103 Å². The van der Waals surface area contributed by atoms with Crippen LogP contribution in [0, 0.1) is 23.7 Å². The molecule has 6 atom stereocenters. The number of amides is 2. The quantitative estimate of drug-likeness (QED) is 0.0633. The van der Waals surface area contributed by atoms with Crippen LogP contribution in [0.4, 0.5) is 10.5 Å². The lowest BCUT2D eigenvalue weighted by Crippen LogP contribution is -2.53. The van der Waals surface area contributed by atoms with Gasteiger partial charge in [0.15, 0.2) is 5.92 Å². The minimum atomic E-state index is -2.33. The van der Waals surface area contributed by atoms with Crippen LogP contribution in [0.3, 0.4) is 0 Å². The number of imide groups is 1. The first-order valence-corrected chi connectivity index (χ1v) is 20.0. The second-order valence-corrected chi connectivity index (χ2v) is 14.8. The van der Waals surface area contributed by atoms with E-state index in [1.165, 1.54) is 25.3 Å². The minimum Gasteiger partial charge on any atom is -0.491 e. The van der Waals surface area contributed by atoms with Crippen LogP contribution >= 0.6 is 0 Å². The number of hydrogen-bond acceptors (Lipinski definition) is 14. The number of nitrogens with zero attached hydrogens (tertiary/aromatic N) is 2. The maximum absolute atomic E-state index is 15.9. The second kappa shape index (κ2) is 18.9. The van der Waals surface area contributed by atoms with Gasteiger partial charge in [-0.2, -0.15) is 0 Å². The summed E-state index contributed by atoms with van der Waals surface area (Å²) >= 11 is 0. The molecule has 0 aliphatic carbocycles. The first kappa shape index (κ1) is 44.0. The summed E-state index contributed by atoms with van der Waals surface area (Å²) in [5, 5.41) is 21.5. The molecule has 16 nitrogen and oxygen atoms in total. The number of hydrogen-bond donors (Lipinski definition) is 2. The number of aliphatic hydroxyl groups is 1. The molecule has 3 aliphatic rings. The number of aliphatic carboxylic acids is 1. The Labute approximate surface area is 362 Å². The van der Waals surface area contributed by atoms with Gasteiger partial charge in [-0.25, -0.2) is 9.69 Å². The molecule has 63 heavy (non-hydrogen) atoms. The van der Waals surface area contributed by atoms with Crippen molar-refractivity contribution in [2.45, 2.75) is 36.1 Å². The van der Waals surface area contributed by atoms with Gasteiger partial charge >= 0.3 is 30.0 Å². The summed E-state index contributed by atoms with van der Waals surface area (Å²) in [5.41, 5.74) is -0.677. The second-order valence-electron chi connectivity index (χ2n) is 14.8. The average Bonchev–Trinajstić information content (AvgIpc) is 3.76. The summed E-state index contributed by atoms with van der Waals surface area (Å²) in [4.78, 5) is 86.5. The summed E-state index contributed by atoms with van der Waals surface area (Å²) < 4.78 is 32.6. The third-order valence-electron chi connectivity index (χ3n) is 11.5. The van der Waals surface area contributed by atoms with Crippen molar-refractivity contribution in [2.24, 2.45) is 11.8 Å². The number of cyclic esters (lactones) is 1. The zero-order chi connectivity index (χ0) is 44.8. The summed E-state index contributed by atoms with van der Waals surface area (Å²) in [6, 6.07) is 24.9. The number of rotatable bonds is 13. The molecule has 7 rings (SSSR count). The highest BCUT2D eigenvalue weighted by Gasteiger charge is 2.76. The number of methoxy groups -OCH3 is 3. The molecule has 3 aliphatic heterocycles. The van der Waals surface area contributed by atoms with Gasteiger partial charge in [-0.1, -0.05) is 90.7 Å². The van der Waals surface area contributed by atoms with Crippen LogP contribution in [-0.2, 0) is 53.1 Å². The number of aliphatic hydroxyl groups excluding tert-OH is 1. The monoisotopic (exact) mass is 860 g/mol. The smallest absolute Gasteiger partial charge is 0.421 e. The minimum absolute atomic E-state index is 0.0140. The molecule has 0 bridgehead atoms. The molecule has 3 heterocycles. The van der Waals surface area contributed by atoms with E-state index in [1.54, 1.807) is 77.7 Å². The van der Waals surface area contributed by atoms with Gasteiger partial charge < -0.3 is 38.6 Å². The van der Waals surface area contributed by atoms with Crippen LogP contribution in [0.1, 0.15) is 52.4 Å². The number of carboxylic acids is 1. The van der Waals surface area contributed by atoms with Crippen molar-refractivity contribution in [2.75, 3.05) is 52.7 Å². The van der Waals surface area contributed by atoms with Crippen LogP contribution in [0.2, 0.25) is 0 Å². The number of esters is 3. The molecule has 2 saturated heterocycles. The Kier molecular flexibility index (Phi) is 13.2. The van der Waals surface area contributed by atoms with E-state index in [0.29, 0.717) is 11.1 Å². The number of carbonyl (C=O) groups excluding carboxylic acids is 5. The molecule has 4 aromatic carbocycles. The molecular weight excluding hydrogens is 817 g/mol. The van der Waals surface area contributed by atoms with Crippen LogP contribution < -0.4 is 9.64 Å². The number of carboxylic acid groups (broad SMARTS) is 1. The van der Waals surface area contributed by atoms with E-state index in [9.17, 15) is 34.2 Å². The first-order valence-electron chi connectivity index (χ1n) is 20.0. The van der Waals surface area contributed by atoms with Gasteiger partial charge in [-0.3, -0.25) is 28.9 Å². The Morgan fingerprint density at radius 3 is 2.10 bits per heavy atom. The van der Waals surface area contributed by atoms with Gasteiger partial charge in [0.05, 0.1) is 45.2 Å². The van der Waals surface area contributed by atoms with Crippen molar-refractivity contribution < 1.29 is 67.4 Å². The summed E-state index contributed by atoms with van der Waals surface area (Å²) in [6.45, 7) is -0.845. The normalized spacial score (nSPS) is 22.4. The molecule has 0 aromatic heterocycles. The van der Waals surface area contributed by atoms with Crippen molar-refractivity contribution in [1.82, 2.24) is 4.90 Å². The Hall–Kier alpha value is -7.06. The molecule has 2 amide bonds. The lowest BCUT2D eigenvalue weighted by molar-refractivity contribution is -0.179. The standard InChI is InChI=1S/C47H44N2O14/c1-58-25-26-62-46(57)48-34-22-21-28(13-12-19-32(42(53)59-2)43(54)60-3)27-33(34)47(45(48)56)36(41(51)52)38-44(55)63-39(30-16-8-5-9-17-30)37(29-14-6-4-7-15-29)49(38)40(47)31-18-10-11-20-35(31)61-24-23-50/h4-11,14-18,20-22,27,32,36-40,50H,19,23-26H2,1-3H3,(H,51,52). The maximum Gasteiger partial charge on any atom is 0.421 e. The van der Waals surface area contributed by atoms with Gasteiger partial charge in [0.25, 0.3) is 0 Å². The molecule has 326 valence electrons. The summed E-state index contributed by atoms with van der Waals surface area (Å²) in [6.07, 6.45) is -2.49. The van der Waals surface area contributed by atoms with E-state index in [-0.39, 0.29) is 61.0 Å². The summed E-state index contributed by atoms with van der Waals surface area (Å²) in [7, 11) is 3.64. The number of para-hydroxylation sites is 1. The van der Waals surface area contributed by atoms with Gasteiger partial charge in [0.2, 0.25) is 5.91 Å². The molecule has 1 spiro atoms. The molecule has 2 N–H and O–H groups in total. The van der Waals surface area contributed by atoms with E-state index in [4.69, 9.17) is 28.4 Å². The van der Waals surface area contributed by atoms with Crippen molar-refractivity contribution in [3.05, 3.63) is 131 Å². The van der Waals surface area contributed by atoms with E-state index >= 15 is 4.79 Å². The molecule has 2 fully saturated rings. The summed E-state index contributed by atoms with van der Waals surface area (Å²) in [5.74, 6) is -2.67. The predicted octanol–water partition coefficient (Wildman–Crippen LogP) is 4.29. The third-order valence-corrected chi connectivity index (χ3v) is 11.5. The van der Waals surface area contributed by atoms with Crippen LogP contribution in [-0.4, -0.2) is 105 Å². The number of benzene rings is 4. The van der Waals surface area contributed by atoms with Gasteiger partial charge in [0.1, 0.15) is 42.4 Å². The Morgan fingerprint density at radius 1 is 0.810 bits per heavy atom. The van der Waals surface area contributed by atoms with Crippen molar-refractivity contribution in [3.8, 4) is 17.6 Å². The fourth-order valence-corrected chi connectivity index (χ4v) is 8.99. The molecule has 4 aromatic rings. The Balaban J connectivity index is 1.54. The number of anilines is 1. The number of ether oxygens (including phenoxy) is 6. The highest BCUT2D eigenvalue weighted by atomic mass is 16.6. The number of morpholine rings is 1. The Morgan fingerprint density at radius 2 is 1.46 bits per heavy atom. The van der Waals surface area contributed by atoms with Crippen molar-refractivity contribution in [3.63, 3.8) is 0 Å². The average molecular weight is 861 g/mol. The zero-order valence-corrected chi connectivity index (χ0v) is 34.5. The first-order chi connectivity index (χ1) is 30.5. The van der Waals surface area contributed by atoms with Gasteiger partial charge in [-0.05, 0) is 41.0 Å². The Bertz CT molecular complexity index is 2430. The van der Waals surface area contributed by atoms with Crippen LogP contribution in [0.25, 0.3) is 0 Å². The van der Waals surface area contributed by atoms with Crippen molar-refractivity contribution >= 4 is 41.6 Å². The van der Waals surface area contributed by atoms with Crippen molar-refractivity contribution in [1.29, 1.82) is 0 Å². The maximum atomic E-state index is 15.9. The largest absolute Gasteiger partial charge is 0.491 e. The third kappa shape index (κ3) is 7.86. The topological polar surface area (TPSA) is 205 Å². The molecule has 16 heteroatoms. The molecule has 0 saturated carbocycles. The predicted molar refractivity (Wildman–Crippen MR) is 221 cm³/mol. The van der Waals surface area contributed by atoms with E-state index in [1.807, 2.05) is 12.1 Å². The lowest BCUT2D eigenvalue weighted by Gasteiger charge is -2.46. The van der Waals surface area contributed by atoms with E-state index < -0.39 is 77.4 Å². The van der Waals surface area contributed by atoms with E-state index in [2.05, 4.69) is 11.8 Å². The van der Waals surface area contributed by atoms with Gasteiger partial charge in [-0.15, -0.1) is 0 Å². The number of fused-ring (bicyclic) bond motifs is 3. The van der Waals surface area contributed by atoms with E-state index in [0.717, 1.165) is 19.1 Å². The molecule has 0 radical (unpaired) electrons. The fourth-order valence-electron chi connectivity index (χ4n) is 8.99. The highest BCUT2D eigenvalue weighted by molar-refractivity contribution is 6.23. The molecule has 6 unspecified atom stereocenters.